The molecular weight excluding hydrogens is 240 g/mol. The number of hydrogen-bond acceptors (Lipinski definition) is 3. The lowest BCUT2D eigenvalue weighted by Gasteiger charge is -2.16. The fraction of sp³-hybridized carbons (Fsp3) is 0.500. The second-order valence-corrected chi connectivity index (χ2v) is 4.31. The average Bonchev–Trinajstić information content (AvgIpc) is 2.29. The largest absolute Gasteiger partial charge is 0.480 e. The highest BCUT2D eigenvalue weighted by Crippen LogP contribution is 2.24. The molecule has 0 saturated carbocycles. The van der Waals surface area contributed by atoms with Gasteiger partial charge in [-0.05, 0) is 19.4 Å². The molecule has 1 atom stereocenters. The molecule has 0 aliphatic carbocycles. The summed E-state index contributed by atoms with van der Waals surface area (Å²) >= 11 is 6.06. The minimum Gasteiger partial charge on any atom is -0.480 e. The number of aryl methyl sites for hydroxylation is 1. The van der Waals surface area contributed by atoms with Crippen LogP contribution in [0.3, 0.4) is 0 Å². The molecule has 94 valence electrons. The summed E-state index contributed by atoms with van der Waals surface area (Å²) in [6.07, 6.45) is 4.03. The Labute approximate surface area is 106 Å². The molecular formula is C12H17ClN2O2. The summed E-state index contributed by atoms with van der Waals surface area (Å²) in [6.45, 7) is 3.82. The van der Waals surface area contributed by atoms with Crippen LogP contribution in [0, 0.1) is 6.92 Å². The summed E-state index contributed by atoms with van der Waals surface area (Å²) in [7, 11) is 0. The monoisotopic (exact) mass is 256 g/mol. The first-order valence-corrected chi connectivity index (χ1v) is 6.04. The van der Waals surface area contributed by atoms with Gasteiger partial charge in [0.15, 0.2) is 0 Å². The van der Waals surface area contributed by atoms with Gasteiger partial charge in [0.25, 0.3) is 0 Å². The molecule has 0 aliphatic heterocycles. The molecule has 1 aromatic heterocycles. The number of nitrogens with one attached hydrogen (secondary N) is 1. The number of nitrogens with zero attached hydrogens (tertiary/aromatic N) is 1. The highest BCUT2D eigenvalue weighted by atomic mass is 35.5. The van der Waals surface area contributed by atoms with Crippen molar-refractivity contribution in [1.29, 1.82) is 0 Å². The molecule has 0 fully saturated rings. The van der Waals surface area contributed by atoms with Gasteiger partial charge in [0.2, 0.25) is 0 Å². The molecule has 0 saturated heterocycles. The van der Waals surface area contributed by atoms with Crippen molar-refractivity contribution in [2.45, 2.75) is 39.2 Å². The second-order valence-electron chi connectivity index (χ2n) is 3.94. The van der Waals surface area contributed by atoms with Crippen LogP contribution in [0.15, 0.2) is 12.3 Å². The zero-order chi connectivity index (χ0) is 12.8. The lowest BCUT2D eigenvalue weighted by atomic mass is 10.1. The van der Waals surface area contributed by atoms with Gasteiger partial charge in [-0.25, -0.2) is 4.79 Å². The topological polar surface area (TPSA) is 62.2 Å². The van der Waals surface area contributed by atoms with Crippen molar-refractivity contribution < 1.29 is 9.90 Å². The van der Waals surface area contributed by atoms with E-state index in [4.69, 9.17) is 16.7 Å². The molecule has 0 aromatic carbocycles. The minimum atomic E-state index is -0.857. The van der Waals surface area contributed by atoms with Crippen LogP contribution >= 0.6 is 11.6 Å². The van der Waals surface area contributed by atoms with Gasteiger partial charge in [-0.1, -0.05) is 31.4 Å². The number of rotatable bonds is 6. The molecule has 2 N–H and O–H groups in total. The standard InChI is InChI=1S/C12H17ClN2O2/c1-3-4-5-10(12(16)17)15-9-6-7-14-8(2)11(9)13/h6-7,10H,3-5H2,1-2H3,(H,14,15)(H,16,17). The van der Waals surface area contributed by atoms with Gasteiger partial charge in [-0.15, -0.1) is 0 Å². The summed E-state index contributed by atoms with van der Waals surface area (Å²) in [5, 5.41) is 12.5. The molecule has 1 aromatic rings. The first-order chi connectivity index (χ1) is 8.06. The van der Waals surface area contributed by atoms with Crippen LogP contribution in [0.1, 0.15) is 31.9 Å². The van der Waals surface area contributed by atoms with Crippen molar-refractivity contribution in [3.63, 3.8) is 0 Å². The van der Waals surface area contributed by atoms with E-state index in [2.05, 4.69) is 10.3 Å². The predicted octanol–water partition coefficient (Wildman–Crippen LogP) is 3.10. The number of hydrogen-bond donors (Lipinski definition) is 2. The third-order valence-corrected chi connectivity index (χ3v) is 3.01. The number of unbranched alkanes of at least 4 members (excludes halogenated alkanes) is 1. The van der Waals surface area contributed by atoms with E-state index >= 15 is 0 Å². The normalized spacial score (nSPS) is 12.2. The number of pyridine rings is 1. The summed E-state index contributed by atoms with van der Waals surface area (Å²) in [6, 6.07) is 1.09. The van der Waals surface area contributed by atoms with Gasteiger partial charge in [-0.3, -0.25) is 4.98 Å². The number of aliphatic carboxylic acids is 1. The number of anilines is 1. The maximum absolute atomic E-state index is 11.1. The third-order valence-electron chi connectivity index (χ3n) is 2.54. The number of carboxylic acid groups (broad SMARTS) is 1. The first kappa shape index (κ1) is 13.8. The van der Waals surface area contributed by atoms with Gasteiger partial charge in [0.1, 0.15) is 6.04 Å². The van der Waals surface area contributed by atoms with Gasteiger partial charge in [0, 0.05) is 6.20 Å². The van der Waals surface area contributed by atoms with Crippen molar-refractivity contribution in [3.05, 3.63) is 23.0 Å². The predicted molar refractivity (Wildman–Crippen MR) is 68.6 cm³/mol. The zero-order valence-corrected chi connectivity index (χ0v) is 10.8. The van der Waals surface area contributed by atoms with Crippen LogP contribution in [0.25, 0.3) is 0 Å². The maximum Gasteiger partial charge on any atom is 0.326 e. The van der Waals surface area contributed by atoms with Crippen molar-refractivity contribution in [1.82, 2.24) is 4.98 Å². The minimum absolute atomic E-state index is 0.482. The van der Waals surface area contributed by atoms with Crippen molar-refractivity contribution in [2.24, 2.45) is 0 Å². The molecule has 0 spiro atoms. The van der Waals surface area contributed by atoms with Gasteiger partial charge >= 0.3 is 5.97 Å². The van der Waals surface area contributed by atoms with Gasteiger partial charge in [0.05, 0.1) is 16.4 Å². The van der Waals surface area contributed by atoms with E-state index in [1.165, 1.54) is 0 Å². The van der Waals surface area contributed by atoms with Crippen molar-refractivity contribution in [3.8, 4) is 0 Å². The zero-order valence-electron chi connectivity index (χ0n) is 10.0. The summed E-state index contributed by atoms with van der Waals surface area (Å²) < 4.78 is 0. The van der Waals surface area contributed by atoms with Crippen molar-refractivity contribution >= 4 is 23.3 Å². The Bertz CT molecular complexity index is 396. The molecule has 1 unspecified atom stereocenters. The third kappa shape index (κ3) is 3.89. The quantitative estimate of drug-likeness (QED) is 0.821. The summed E-state index contributed by atoms with van der Waals surface area (Å²) in [5.74, 6) is -0.857. The van der Waals surface area contributed by atoms with Crippen LogP contribution in [-0.2, 0) is 4.79 Å². The Kier molecular flexibility index (Phi) is 5.22. The van der Waals surface area contributed by atoms with Gasteiger partial charge < -0.3 is 10.4 Å². The van der Waals surface area contributed by atoms with E-state index < -0.39 is 12.0 Å². The van der Waals surface area contributed by atoms with E-state index in [-0.39, 0.29) is 0 Å². The number of aromatic nitrogens is 1. The molecule has 17 heavy (non-hydrogen) atoms. The van der Waals surface area contributed by atoms with Crippen LogP contribution in [0.5, 0.6) is 0 Å². The number of carbonyl (C=O) groups is 1. The Balaban J connectivity index is 2.78. The van der Waals surface area contributed by atoms with E-state index in [1.807, 2.05) is 6.92 Å². The second kappa shape index (κ2) is 6.45. The Morgan fingerprint density at radius 1 is 1.65 bits per heavy atom. The van der Waals surface area contributed by atoms with Crippen LogP contribution in [0.4, 0.5) is 5.69 Å². The van der Waals surface area contributed by atoms with E-state index in [0.717, 1.165) is 12.8 Å². The average molecular weight is 257 g/mol. The molecule has 4 nitrogen and oxygen atoms in total. The van der Waals surface area contributed by atoms with E-state index in [9.17, 15) is 4.79 Å². The Hall–Kier alpha value is -1.29. The highest BCUT2D eigenvalue weighted by Gasteiger charge is 2.17. The van der Waals surface area contributed by atoms with Crippen LogP contribution in [-0.4, -0.2) is 22.1 Å². The maximum atomic E-state index is 11.1. The Morgan fingerprint density at radius 2 is 2.35 bits per heavy atom. The molecule has 1 heterocycles. The summed E-state index contributed by atoms with van der Waals surface area (Å²) in [5.41, 5.74) is 1.32. The smallest absolute Gasteiger partial charge is 0.326 e. The number of halogens is 1. The van der Waals surface area contributed by atoms with Crippen molar-refractivity contribution in [2.75, 3.05) is 5.32 Å². The lowest BCUT2D eigenvalue weighted by Crippen LogP contribution is -2.29. The van der Waals surface area contributed by atoms with Gasteiger partial charge in [-0.2, -0.15) is 0 Å². The summed E-state index contributed by atoms with van der Waals surface area (Å²) in [4.78, 5) is 15.1. The van der Waals surface area contributed by atoms with Crippen LogP contribution in [0.2, 0.25) is 5.02 Å². The van der Waals surface area contributed by atoms with E-state index in [0.29, 0.717) is 22.8 Å². The molecule has 0 bridgehead atoms. The molecule has 0 aliphatic rings. The number of carboxylic acids is 1. The SMILES string of the molecule is CCCCC(Nc1ccnc(C)c1Cl)C(=O)O. The molecule has 5 heteroatoms. The molecule has 0 amide bonds. The van der Waals surface area contributed by atoms with Crippen LogP contribution < -0.4 is 5.32 Å². The fourth-order valence-corrected chi connectivity index (χ4v) is 1.68. The van der Waals surface area contributed by atoms with E-state index in [1.54, 1.807) is 19.2 Å². The highest BCUT2D eigenvalue weighted by molar-refractivity contribution is 6.33. The first-order valence-electron chi connectivity index (χ1n) is 5.66. The fourth-order valence-electron chi connectivity index (χ4n) is 1.51. The lowest BCUT2D eigenvalue weighted by molar-refractivity contribution is -0.138. The molecule has 0 radical (unpaired) electrons. The Morgan fingerprint density at radius 3 is 2.94 bits per heavy atom. The molecule has 1 rings (SSSR count).